The Labute approximate surface area is 67.5 Å². The molecule has 0 saturated carbocycles. The van der Waals surface area contributed by atoms with Crippen LogP contribution < -0.4 is 0 Å². The van der Waals surface area contributed by atoms with Crippen LogP contribution in [-0.4, -0.2) is 16.1 Å². The molecule has 1 rings (SSSR count). The molecule has 0 unspecified atom stereocenters. The molecule has 0 amide bonds. The number of halogens is 3. The topological polar surface area (TPSA) is 25.8 Å². The highest BCUT2D eigenvalue weighted by Crippen LogP contribution is 2.19. The summed E-state index contributed by atoms with van der Waals surface area (Å²) < 4.78 is 35.4. The molecule has 0 fully saturated rings. The zero-order valence-corrected chi connectivity index (χ0v) is 6.39. The molecule has 0 spiro atoms. The van der Waals surface area contributed by atoms with Gasteiger partial charge in [-0.25, -0.2) is 9.97 Å². The van der Waals surface area contributed by atoms with Crippen LogP contribution in [0, 0.1) is 6.92 Å². The highest BCUT2D eigenvalue weighted by atomic mass is 19.4. The fourth-order valence-electron chi connectivity index (χ4n) is 0.809. The van der Waals surface area contributed by atoms with Gasteiger partial charge in [0.2, 0.25) is 0 Å². The first kappa shape index (κ1) is 8.96. The predicted molar refractivity (Wildman–Crippen MR) is 36.5 cm³/mol. The number of nitrogens with zero attached hydrogens (tertiary/aromatic N) is 2. The normalized spacial score (nSPS) is 11.7. The predicted octanol–water partition coefficient (Wildman–Crippen LogP) is 1.89. The maximum absolute atomic E-state index is 11.8. The van der Waals surface area contributed by atoms with Gasteiger partial charge in [-0.05, 0) is 13.0 Å². The largest absolute Gasteiger partial charge is 0.394 e. The number of hydrogen-bond donors (Lipinski definition) is 0. The Hall–Kier alpha value is -1.13. The molecule has 0 radical (unpaired) electrons. The number of alkyl halides is 3. The average Bonchev–Trinajstić information content (AvgIpc) is 1.82. The van der Waals surface area contributed by atoms with E-state index in [4.69, 9.17) is 0 Å². The van der Waals surface area contributed by atoms with Gasteiger partial charge in [-0.15, -0.1) is 0 Å². The molecule has 0 atom stereocenters. The van der Waals surface area contributed by atoms with Crippen molar-refractivity contribution in [3.05, 3.63) is 23.8 Å². The second kappa shape index (κ2) is 3.08. The lowest BCUT2D eigenvalue weighted by Crippen LogP contribution is -2.13. The van der Waals surface area contributed by atoms with E-state index in [1.54, 1.807) is 6.92 Å². The first-order valence-electron chi connectivity index (χ1n) is 3.33. The van der Waals surface area contributed by atoms with Gasteiger partial charge >= 0.3 is 6.18 Å². The number of hydrogen-bond acceptors (Lipinski definition) is 2. The molecular weight excluding hydrogens is 169 g/mol. The molecule has 2 nitrogen and oxygen atoms in total. The second-order valence-corrected chi connectivity index (χ2v) is 2.39. The van der Waals surface area contributed by atoms with Crippen molar-refractivity contribution in [2.75, 3.05) is 0 Å². The maximum Gasteiger partial charge on any atom is 0.394 e. The van der Waals surface area contributed by atoms with Crippen molar-refractivity contribution < 1.29 is 13.2 Å². The van der Waals surface area contributed by atoms with Crippen molar-refractivity contribution in [2.45, 2.75) is 19.5 Å². The summed E-state index contributed by atoms with van der Waals surface area (Å²) in [6.45, 7) is 1.56. The molecule has 0 bridgehead atoms. The van der Waals surface area contributed by atoms with E-state index in [2.05, 4.69) is 9.97 Å². The van der Waals surface area contributed by atoms with Crippen LogP contribution in [0.15, 0.2) is 12.3 Å². The van der Waals surface area contributed by atoms with Crippen molar-refractivity contribution in [1.82, 2.24) is 9.97 Å². The Morgan fingerprint density at radius 2 is 2.08 bits per heavy atom. The average molecular weight is 176 g/mol. The molecular formula is C7H7F3N2. The van der Waals surface area contributed by atoms with Gasteiger partial charge in [0.25, 0.3) is 0 Å². The Bertz CT molecular complexity index is 270. The number of aromatic nitrogens is 2. The quantitative estimate of drug-likeness (QED) is 0.653. The minimum absolute atomic E-state index is 0.00926. The first-order valence-corrected chi connectivity index (χ1v) is 3.33. The molecule has 1 aromatic rings. The van der Waals surface area contributed by atoms with E-state index in [1.807, 2.05) is 0 Å². The molecule has 1 heterocycles. The molecule has 5 heteroatoms. The minimum Gasteiger partial charge on any atom is -0.242 e. The lowest BCUT2D eigenvalue weighted by molar-refractivity contribution is -0.127. The van der Waals surface area contributed by atoms with Crippen LogP contribution in [0.5, 0.6) is 0 Å². The maximum atomic E-state index is 11.8. The standard InChI is InChI=1S/C7H7F3N2/c1-5-11-3-2-6(12-5)4-7(8,9)10/h2-3H,4H2,1H3. The van der Waals surface area contributed by atoms with E-state index in [1.165, 1.54) is 12.3 Å². The Kier molecular flexibility index (Phi) is 2.30. The van der Waals surface area contributed by atoms with E-state index in [9.17, 15) is 13.2 Å². The zero-order chi connectivity index (χ0) is 9.19. The number of aryl methyl sites for hydroxylation is 1. The van der Waals surface area contributed by atoms with E-state index < -0.39 is 12.6 Å². The highest BCUT2D eigenvalue weighted by Gasteiger charge is 2.28. The Morgan fingerprint density at radius 3 is 2.58 bits per heavy atom. The summed E-state index contributed by atoms with van der Waals surface area (Å²) in [5.74, 6) is 0.358. The Morgan fingerprint density at radius 1 is 1.42 bits per heavy atom. The van der Waals surface area contributed by atoms with Crippen LogP contribution in [0.2, 0.25) is 0 Å². The van der Waals surface area contributed by atoms with Gasteiger partial charge in [0.1, 0.15) is 5.82 Å². The lowest BCUT2D eigenvalue weighted by Gasteiger charge is -2.04. The van der Waals surface area contributed by atoms with Crippen LogP contribution in [0.1, 0.15) is 11.5 Å². The van der Waals surface area contributed by atoms with Crippen LogP contribution in [-0.2, 0) is 6.42 Å². The fraction of sp³-hybridized carbons (Fsp3) is 0.429. The fourth-order valence-corrected chi connectivity index (χ4v) is 0.809. The third-order valence-corrected chi connectivity index (χ3v) is 1.22. The Balaban J connectivity index is 2.77. The third-order valence-electron chi connectivity index (χ3n) is 1.22. The summed E-state index contributed by atoms with van der Waals surface area (Å²) in [5.41, 5.74) is 0.00926. The van der Waals surface area contributed by atoms with Crippen LogP contribution in [0.4, 0.5) is 13.2 Å². The van der Waals surface area contributed by atoms with Gasteiger partial charge in [-0.1, -0.05) is 0 Å². The molecule has 0 aliphatic heterocycles. The molecule has 12 heavy (non-hydrogen) atoms. The van der Waals surface area contributed by atoms with Gasteiger partial charge in [-0.2, -0.15) is 13.2 Å². The molecule has 0 aliphatic carbocycles. The molecule has 0 aromatic carbocycles. The van der Waals surface area contributed by atoms with Crippen molar-refractivity contribution in [1.29, 1.82) is 0 Å². The summed E-state index contributed by atoms with van der Waals surface area (Å²) >= 11 is 0. The zero-order valence-electron chi connectivity index (χ0n) is 6.39. The van der Waals surface area contributed by atoms with Gasteiger partial charge in [0, 0.05) is 6.20 Å². The monoisotopic (exact) mass is 176 g/mol. The third kappa shape index (κ3) is 2.86. The smallest absolute Gasteiger partial charge is 0.242 e. The lowest BCUT2D eigenvalue weighted by atomic mass is 10.3. The van der Waals surface area contributed by atoms with Crippen molar-refractivity contribution in [3.8, 4) is 0 Å². The summed E-state index contributed by atoms with van der Waals surface area (Å²) in [6, 6.07) is 1.26. The minimum atomic E-state index is -4.19. The van der Waals surface area contributed by atoms with E-state index >= 15 is 0 Å². The summed E-state index contributed by atoms with van der Waals surface area (Å²) in [4.78, 5) is 7.32. The van der Waals surface area contributed by atoms with Crippen LogP contribution in [0.25, 0.3) is 0 Å². The first-order chi connectivity index (χ1) is 5.47. The molecule has 0 saturated heterocycles. The van der Waals surface area contributed by atoms with Crippen LogP contribution in [0.3, 0.4) is 0 Å². The van der Waals surface area contributed by atoms with Crippen molar-refractivity contribution >= 4 is 0 Å². The van der Waals surface area contributed by atoms with E-state index in [-0.39, 0.29) is 5.69 Å². The van der Waals surface area contributed by atoms with Gasteiger partial charge in [0.05, 0.1) is 12.1 Å². The molecule has 0 N–H and O–H groups in total. The van der Waals surface area contributed by atoms with Crippen LogP contribution >= 0.6 is 0 Å². The summed E-state index contributed by atoms with van der Waals surface area (Å²) in [7, 11) is 0. The molecule has 1 aromatic heterocycles. The summed E-state index contributed by atoms with van der Waals surface area (Å²) in [5, 5.41) is 0. The van der Waals surface area contributed by atoms with Gasteiger partial charge in [0.15, 0.2) is 0 Å². The molecule has 66 valence electrons. The van der Waals surface area contributed by atoms with Gasteiger partial charge in [-0.3, -0.25) is 0 Å². The number of rotatable bonds is 1. The van der Waals surface area contributed by atoms with E-state index in [0.29, 0.717) is 5.82 Å². The van der Waals surface area contributed by atoms with Crippen molar-refractivity contribution in [2.24, 2.45) is 0 Å². The second-order valence-electron chi connectivity index (χ2n) is 2.39. The molecule has 0 aliphatic rings. The SMILES string of the molecule is Cc1nccc(CC(F)(F)F)n1. The highest BCUT2D eigenvalue weighted by molar-refractivity contribution is 5.02. The van der Waals surface area contributed by atoms with Crippen molar-refractivity contribution in [3.63, 3.8) is 0 Å². The van der Waals surface area contributed by atoms with E-state index in [0.717, 1.165) is 0 Å². The summed E-state index contributed by atoms with van der Waals surface area (Å²) in [6.07, 6.45) is -3.86. The van der Waals surface area contributed by atoms with Gasteiger partial charge < -0.3 is 0 Å².